The number of thiocarbonyl (C=S) groups is 1. The molecule has 0 spiro atoms. The molecule has 5 heteroatoms. The molecule has 0 aromatic carbocycles. The van der Waals surface area contributed by atoms with Crippen molar-refractivity contribution in [3.05, 3.63) is 0 Å². The van der Waals surface area contributed by atoms with Gasteiger partial charge in [-0.15, -0.1) is 0 Å². The van der Waals surface area contributed by atoms with Gasteiger partial charge in [-0.05, 0) is 18.8 Å². The summed E-state index contributed by atoms with van der Waals surface area (Å²) in [5.41, 5.74) is 5.19. The van der Waals surface area contributed by atoms with E-state index in [9.17, 15) is 4.79 Å². The van der Waals surface area contributed by atoms with Gasteiger partial charge in [-0.2, -0.15) is 0 Å². The van der Waals surface area contributed by atoms with E-state index in [1.165, 1.54) is 0 Å². The van der Waals surface area contributed by atoms with E-state index in [0.29, 0.717) is 17.5 Å². The number of carbonyl (C=O) groups is 1. The molecule has 1 aliphatic carbocycles. The number of rotatable bonds is 4. The van der Waals surface area contributed by atoms with Crippen LogP contribution in [-0.4, -0.2) is 23.2 Å². The van der Waals surface area contributed by atoms with Gasteiger partial charge in [0.05, 0.1) is 17.1 Å². The van der Waals surface area contributed by atoms with Crippen molar-refractivity contribution in [2.24, 2.45) is 11.7 Å². The maximum Gasteiger partial charge on any atom is 0.407 e. The molecule has 1 rings (SSSR count). The average molecular weight is 244 g/mol. The second-order valence-electron chi connectivity index (χ2n) is 4.77. The van der Waals surface area contributed by atoms with Crippen LogP contribution < -0.4 is 11.1 Å². The van der Waals surface area contributed by atoms with E-state index in [0.717, 1.165) is 25.7 Å². The van der Waals surface area contributed by atoms with Crippen molar-refractivity contribution in [1.29, 1.82) is 0 Å². The first-order valence-corrected chi connectivity index (χ1v) is 6.12. The van der Waals surface area contributed by atoms with Gasteiger partial charge in [0.2, 0.25) is 0 Å². The quantitative estimate of drug-likeness (QED) is 0.742. The highest BCUT2D eigenvalue weighted by atomic mass is 32.1. The van der Waals surface area contributed by atoms with Crippen molar-refractivity contribution in [1.82, 2.24) is 5.32 Å². The Hall–Kier alpha value is -0.840. The molecule has 0 radical (unpaired) electrons. The van der Waals surface area contributed by atoms with E-state index >= 15 is 0 Å². The second kappa shape index (κ2) is 5.48. The van der Waals surface area contributed by atoms with Gasteiger partial charge in [-0.3, -0.25) is 0 Å². The van der Waals surface area contributed by atoms with Crippen LogP contribution >= 0.6 is 12.2 Å². The largest absolute Gasteiger partial charge is 0.449 e. The van der Waals surface area contributed by atoms with E-state index < -0.39 is 11.6 Å². The van der Waals surface area contributed by atoms with Crippen molar-refractivity contribution in [3.8, 4) is 0 Å². The molecule has 0 bridgehead atoms. The third-order valence-corrected chi connectivity index (χ3v) is 3.21. The van der Waals surface area contributed by atoms with Crippen LogP contribution in [0.1, 0.15) is 39.5 Å². The summed E-state index contributed by atoms with van der Waals surface area (Å²) in [5, 5.41) is 2.82. The molecule has 16 heavy (non-hydrogen) atoms. The van der Waals surface area contributed by atoms with Crippen LogP contribution in [0.25, 0.3) is 0 Å². The zero-order valence-electron chi connectivity index (χ0n) is 9.91. The fraction of sp³-hybridized carbons (Fsp3) is 0.818. The van der Waals surface area contributed by atoms with Crippen LogP contribution in [0.5, 0.6) is 0 Å². The first-order chi connectivity index (χ1) is 7.46. The highest BCUT2D eigenvalue weighted by molar-refractivity contribution is 7.80. The number of hydrogen-bond acceptors (Lipinski definition) is 3. The van der Waals surface area contributed by atoms with E-state index in [1.54, 1.807) is 0 Å². The Kier molecular flexibility index (Phi) is 4.53. The van der Waals surface area contributed by atoms with Crippen molar-refractivity contribution in [2.75, 3.05) is 6.61 Å². The SMILES string of the molecule is CC(C)COC(=O)NC1(C(N)=S)CCCC1. The molecule has 0 aliphatic heterocycles. The zero-order chi connectivity index (χ0) is 12.2. The molecule has 92 valence electrons. The molecule has 0 aromatic rings. The first kappa shape index (κ1) is 13.2. The summed E-state index contributed by atoms with van der Waals surface area (Å²) in [6, 6.07) is 0. The summed E-state index contributed by atoms with van der Waals surface area (Å²) in [4.78, 5) is 11.9. The number of nitrogens with two attached hydrogens (primary N) is 1. The van der Waals surface area contributed by atoms with Crippen molar-refractivity contribution in [2.45, 2.75) is 45.1 Å². The van der Waals surface area contributed by atoms with Crippen LogP contribution in [0.3, 0.4) is 0 Å². The average Bonchev–Trinajstić information content (AvgIpc) is 2.64. The van der Waals surface area contributed by atoms with Crippen LogP contribution in [0, 0.1) is 5.92 Å². The molecule has 0 aromatic heterocycles. The summed E-state index contributed by atoms with van der Waals surface area (Å²) in [6.07, 6.45) is 3.31. The summed E-state index contributed by atoms with van der Waals surface area (Å²) < 4.78 is 5.08. The monoisotopic (exact) mass is 244 g/mol. The Bertz CT molecular complexity index is 273. The topological polar surface area (TPSA) is 64.3 Å². The van der Waals surface area contributed by atoms with Crippen LogP contribution in [0.4, 0.5) is 4.79 Å². The minimum absolute atomic E-state index is 0.329. The van der Waals surface area contributed by atoms with Gasteiger partial charge in [-0.1, -0.05) is 38.9 Å². The number of carbonyl (C=O) groups excluding carboxylic acids is 1. The highest BCUT2D eigenvalue weighted by Crippen LogP contribution is 2.30. The number of nitrogens with one attached hydrogen (secondary N) is 1. The Balaban J connectivity index is 2.49. The maximum absolute atomic E-state index is 11.6. The Morgan fingerprint density at radius 2 is 2.06 bits per heavy atom. The summed E-state index contributed by atoms with van der Waals surface area (Å²) in [5.74, 6) is 0.329. The molecule has 1 fully saturated rings. The van der Waals surface area contributed by atoms with E-state index in [-0.39, 0.29) is 0 Å². The Morgan fingerprint density at radius 1 is 1.50 bits per heavy atom. The lowest BCUT2D eigenvalue weighted by Crippen LogP contribution is -2.55. The summed E-state index contributed by atoms with van der Waals surface area (Å²) in [6.45, 7) is 4.40. The molecule has 0 atom stereocenters. The van der Waals surface area contributed by atoms with E-state index in [2.05, 4.69) is 5.32 Å². The lowest BCUT2D eigenvalue weighted by atomic mass is 9.98. The van der Waals surface area contributed by atoms with Crippen molar-refractivity contribution < 1.29 is 9.53 Å². The minimum Gasteiger partial charge on any atom is -0.449 e. The fourth-order valence-electron chi connectivity index (χ4n) is 1.89. The van der Waals surface area contributed by atoms with Gasteiger partial charge in [0.15, 0.2) is 0 Å². The van der Waals surface area contributed by atoms with E-state index in [4.69, 9.17) is 22.7 Å². The third-order valence-electron chi connectivity index (χ3n) is 2.82. The minimum atomic E-state index is -0.511. The van der Waals surface area contributed by atoms with Crippen molar-refractivity contribution in [3.63, 3.8) is 0 Å². The van der Waals surface area contributed by atoms with Crippen molar-refractivity contribution >= 4 is 23.3 Å². The Labute approximate surface area is 102 Å². The van der Waals surface area contributed by atoms with Gasteiger partial charge < -0.3 is 15.8 Å². The highest BCUT2D eigenvalue weighted by Gasteiger charge is 2.38. The molecule has 4 nitrogen and oxygen atoms in total. The molecule has 1 amide bonds. The van der Waals surface area contributed by atoms with Gasteiger partial charge in [-0.25, -0.2) is 4.79 Å². The molecule has 0 saturated heterocycles. The van der Waals surface area contributed by atoms with Crippen LogP contribution in [0.2, 0.25) is 0 Å². The first-order valence-electron chi connectivity index (χ1n) is 5.71. The summed E-state index contributed by atoms with van der Waals surface area (Å²) >= 11 is 5.03. The molecular weight excluding hydrogens is 224 g/mol. The Morgan fingerprint density at radius 3 is 2.50 bits per heavy atom. The van der Waals surface area contributed by atoms with Gasteiger partial charge >= 0.3 is 6.09 Å². The van der Waals surface area contributed by atoms with Gasteiger partial charge in [0.25, 0.3) is 0 Å². The molecule has 3 N–H and O–H groups in total. The number of amides is 1. The lowest BCUT2D eigenvalue weighted by Gasteiger charge is -2.28. The molecule has 1 aliphatic rings. The third kappa shape index (κ3) is 3.33. The van der Waals surface area contributed by atoms with Crippen LogP contribution in [-0.2, 0) is 4.74 Å². The van der Waals surface area contributed by atoms with Gasteiger partial charge in [0, 0.05) is 0 Å². The smallest absolute Gasteiger partial charge is 0.407 e. The second-order valence-corrected chi connectivity index (χ2v) is 5.21. The number of ether oxygens (including phenoxy) is 1. The predicted octanol–water partition coefficient (Wildman–Crippen LogP) is 1.97. The van der Waals surface area contributed by atoms with Crippen LogP contribution in [0.15, 0.2) is 0 Å². The molecule has 1 saturated carbocycles. The molecular formula is C11H20N2O2S. The lowest BCUT2D eigenvalue weighted by molar-refractivity contribution is 0.126. The number of hydrogen-bond donors (Lipinski definition) is 2. The molecule has 0 unspecified atom stereocenters. The summed E-state index contributed by atoms with van der Waals surface area (Å²) in [7, 11) is 0. The van der Waals surface area contributed by atoms with Gasteiger partial charge in [0.1, 0.15) is 0 Å². The predicted molar refractivity (Wildman–Crippen MR) is 67.3 cm³/mol. The zero-order valence-corrected chi connectivity index (χ0v) is 10.7. The fourth-order valence-corrected chi connectivity index (χ4v) is 2.14. The molecule has 0 heterocycles. The normalized spacial score (nSPS) is 18.4. The number of alkyl carbamates (subject to hydrolysis) is 1. The maximum atomic E-state index is 11.6. The standard InChI is InChI=1S/C11H20N2O2S/c1-8(2)7-15-10(14)13-11(9(12)16)5-3-4-6-11/h8H,3-7H2,1-2H3,(H2,12,16)(H,13,14). The van der Waals surface area contributed by atoms with E-state index in [1.807, 2.05) is 13.8 Å².